The molecule has 92 valence electrons. The van der Waals surface area contributed by atoms with Crippen LogP contribution in [0.5, 0.6) is 5.75 Å². The van der Waals surface area contributed by atoms with E-state index in [9.17, 15) is 4.79 Å². The van der Waals surface area contributed by atoms with Crippen molar-refractivity contribution in [3.8, 4) is 5.75 Å². The van der Waals surface area contributed by atoms with Crippen molar-refractivity contribution in [2.75, 3.05) is 20.1 Å². The van der Waals surface area contributed by atoms with Gasteiger partial charge in [-0.2, -0.15) is 0 Å². The first-order chi connectivity index (χ1) is 8.06. The van der Waals surface area contributed by atoms with Gasteiger partial charge in [0.2, 0.25) is 0 Å². The molecule has 0 aromatic heterocycles. The normalized spacial score (nSPS) is 18.5. The maximum absolute atomic E-state index is 10.8. The first kappa shape index (κ1) is 11.9. The van der Waals surface area contributed by atoms with E-state index >= 15 is 0 Å². The molecule has 1 fully saturated rings. The van der Waals surface area contributed by atoms with Crippen molar-refractivity contribution in [1.82, 2.24) is 4.90 Å². The third kappa shape index (κ3) is 2.77. The molecular formula is C13H17NO3. The molecule has 0 spiro atoms. The minimum Gasteiger partial charge on any atom is -0.488 e. The third-order valence-corrected chi connectivity index (χ3v) is 3.08. The topological polar surface area (TPSA) is 49.8 Å². The zero-order valence-corrected chi connectivity index (χ0v) is 10.1. The number of nitrogens with zero attached hydrogens (tertiary/aromatic N) is 1. The van der Waals surface area contributed by atoms with Crippen LogP contribution in [0.2, 0.25) is 0 Å². The number of aliphatic carboxylic acids is 1. The summed E-state index contributed by atoms with van der Waals surface area (Å²) in [5.41, 5.74) is 0.801. The van der Waals surface area contributed by atoms with E-state index in [1.165, 1.54) is 0 Å². The summed E-state index contributed by atoms with van der Waals surface area (Å²) in [6, 6.07) is 7.31. The van der Waals surface area contributed by atoms with Crippen LogP contribution >= 0.6 is 0 Å². The number of benzene rings is 1. The molecule has 1 atom stereocenters. The van der Waals surface area contributed by atoms with E-state index in [4.69, 9.17) is 9.84 Å². The number of hydrogen-bond donors (Lipinski definition) is 1. The van der Waals surface area contributed by atoms with E-state index in [1.54, 1.807) is 6.92 Å². The van der Waals surface area contributed by atoms with Crippen LogP contribution in [-0.4, -0.2) is 42.2 Å². The monoisotopic (exact) mass is 235 g/mol. The average Bonchev–Trinajstić information content (AvgIpc) is 2.27. The van der Waals surface area contributed by atoms with Crippen LogP contribution in [0.3, 0.4) is 0 Å². The first-order valence-electron chi connectivity index (χ1n) is 5.74. The summed E-state index contributed by atoms with van der Waals surface area (Å²) < 4.78 is 5.73. The van der Waals surface area contributed by atoms with Gasteiger partial charge in [0.05, 0.1) is 5.92 Å². The number of ether oxygens (including phenoxy) is 1. The second-order valence-corrected chi connectivity index (χ2v) is 4.59. The van der Waals surface area contributed by atoms with Crippen molar-refractivity contribution >= 4 is 5.97 Å². The molecule has 0 bridgehead atoms. The van der Waals surface area contributed by atoms with E-state index in [1.807, 2.05) is 24.3 Å². The summed E-state index contributed by atoms with van der Waals surface area (Å²) in [4.78, 5) is 13.0. The molecule has 1 N–H and O–H groups in total. The quantitative estimate of drug-likeness (QED) is 0.860. The van der Waals surface area contributed by atoms with Crippen LogP contribution in [0, 0.1) is 0 Å². The predicted octanol–water partition coefficient (Wildman–Crippen LogP) is 1.57. The van der Waals surface area contributed by atoms with Gasteiger partial charge in [0, 0.05) is 13.1 Å². The number of hydrogen-bond acceptors (Lipinski definition) is 3. The van der Waals surface area contributed by atoms with Crippen molar-refractivity contribution in [2.45, 2.75) is 18.9 Å². The van der Waals surface area contributed by atoms with E-state index < -0.39 is 11.9 Å². The Morgan fingerprint density at radius 1 is 1.41 bits per heavy atom. The van der Waals surface area contributed by atoms with Crippen molar-refractivity contribution in [1.29, 1.82) is 0 Å². The van der Waals surface area contributed by atoms with Gasteiger partial charge in [-0.1, -0.05) is 12.1 Å². The Balaban J connectivity index is 1.96. The van der Waals surface area contributed by atoms with Crippen molar-refractivity contribution in [2.24, 2.45) is 0 Å². The smallest absolute Gasteiger partial charge is 0.310 e. The van der Waals surface area contributed by atoms with Crippen LogP contribution in [-0.2, 0) is 4.79 Å². The number of carboxylic acids is 1. The summed E-state index contributed by atoms with van der Waals surface area (Å²) >= 11 is 0. The second kappa shape index (κ2) is 4.75. The SMILES string of the molecule is CC(C(=O)O)c1ccc(OC2CN(C)C2)cc1. The largest absolute Gasteiger partial charge is 0.488 e. The lowest BCUT2D eigenvalue weighted by atomic mass is 10.0. The van der Waals surface area contributed by atoms with E-state index in [0.29, 0.717) is 0 Å². The molecule has 1 heterocycles. The molecule has 2 rings (SSSR count). The molecule has 1 aliphatic rings. The lowest BCUT2D eigenvalue weighted by Gasteiger charge is -2.36. The van der Waals surface area contributed by atoms with Gasteiger partial charge in [-0.15, -0.1) is 0 Å². The van der Waals surface area contributed by atoms with E-state index in [2.05, 4.69) is 11.9 Å². The highest BCUT2D eigenvalue weighted by Gasteiger charge is 2.24. The summed E-state index contributed by atoms with van der Waals surface area (Å²) in [5, 5.41) is 8.89. The number of likely N-dealkylation sites (tertiary alicyclic amines) is 1. The molecule has 0 saturated carbocycles. The standard InChI is InChI=1S/C13H17NO3/c1-9(13(15)16)10-3-5-11(6-4-10)17-12-7-14(2)8-12/h3-6,9,12H,7-8H2,1-2H3,(H,15,16). The maximum atomic E-state index is 10.8. The first-order valence-corrected chi connectivity index (χ1v) is 5.74. The van der Waals surface area contributed by atoms with Gasteiger partial charge in [0.1, 0.15) is 11.9 Å². The Labute approximate surface area is 101 Å². The van der Waals surface area contributed by atoms with Crippen LogP contribution < -0.4 is 4.74 Å². The number of likely N-dealkylation sites (N-methyl/N-ethyl adjacent to an activating group) is 1. The molecule has 4 nitrogen and oxygen atoms in total. The van der Waals surface area contributed by atoms with Crippen LogP contribution in [0.25, 0.3) is 0 Å². The van der Waals surface area contributed by atoms with Gasteiger partial charge in [-0.25, -0.2) is 0 Å². The molecular weight excluding hydrogens is 218 g/mol. The summed E-state index contributed by atoms with van der Waals surface area (Å²) in [5.74, 6) is -0.470. The zero-order valence-electron chi connectivity index (χ0n) is 10.1. The Hall–Kier alpha value is -1.55. The van der Waals surface area contributed by atoms with Gasteiger partial charge in [-0.3, -0.25) is 9.69 Å². The fourth-order valence-corrected chi connectivity index (χ4v) is 1.89. The zero-order chi connectivity index (χ0) is 12.4. The van der Waals surface area contributed by atoms with Crippen molar-refractivity contribution in [3.63, 3.8) is 0 Å². The van der Waals surface area contributed by atoms with Crippen molar-refractivity contribution < 1.29 is 14.6 Å². The van der Waals surface area contributed by atoms with Crippen LogP contribution in [0.15, 0.2) is 24.3 Å². The Morgan fingerprint density at radius 2 is 2.00 bits per heavy atom. The van der Waals surface area contributed by atoms with E-state index in [-0.39, 0.29) is 6.10 Å². The second-order valence-electron chi connectivity index (χ2n) is 4.59. The highest BCUT2D eigenvalue weighted by molar-refractivity contribution is 5.75. The summed E-state index contributed by atoms with van der Waals surface area (Å²) in [6.45, 7) is 3.58. The molecule has 1 unspecified atom stereocenters. The summed E-state index contributed by atoms with van der Waals surface area (Å²) in [7, 11) is 2.05. The molecule has 1 aliphatic heterocycles. The lowest BCUT2D eigenvalue weighted by Crippen LogP contribution is -2.51. The Morgan fingerprint density at radius 3 is 2.47 bits per heavy atom. The van der Waals surface area contributed by atoms with Gasteiger partial charge in [0.15, 0.2) is 0 Å². The molecule has 4 heteroatoms. The molecule has 1 aromatic rings. The number of rotatable bonds is 4. The number of carboxylic acid groups (broad SMARTS) is 1. The summed E-state index contributed by atoms with van der Waals surface area (Å²) in [6.07, 6.45) is 0.266. The van der Waals surface area contributed by atoms with Gasteiger partial charge in [-0.05, 0) is 31.7 Å². The van der Waals surface area contributed by atoms with Crippen LogP contribution in [0.1, 0.15) is 18.4 Å². The fourth-order valence-electron chi connectivity index (χ4n) is 1.89. The molecule has 0 aliphatic carbocycles. The molecule has 0 amide bonds. The van der Waals surface area contributed by atoms with E-state index in [0.717, 1.165) is 24.4 Å². The lowest BCUT2D eigenvalue weighted by molar-refractivity contribution is -0.138. The fraction of sp³-hybridized carbons (Fsp3) is 0.462. The van der Waals surface area contributed by atoms with Crippen molar-refractivity contribution in [3.05, 3.63) is 29.8 Å². The van der Waals surface area contributed by atoms with Gasteiger partial charge < -0.3 is 9.84 Å². The highest BCUT2D eigenvalue weighted by atomic mass is 16.5. The number of carbonyl (C=O) groups is 1. The Kier molecular flexibility index (Phi) is 3.33. The third-order valence-electron chi connectivity index (χ3n) is 3.08. The molecule has 0 radical (unpaired) electrons. The molecule has 17 heavy (non-hydrogen) atoms. The highest BCUT2D eigenvalue weighted by Crippen LogP contribution is 2.21. The predicted molar refractivity (Wildman–Crippen MR) is 64.4 cm³/mol. The van der Waals surface area contributed by atoms with Gasteiger partial charge in [0.25, 0.3) is 0 Å². The average molecular weight is 235 g/mol. The Bertz CT molecular complexity index is 396. The molecule has 1 saturated heterocycles. The molecule has 1 aromatic carbocycles. The minimum atomic E-state index is -0.806. The minimum absolute atomic E-state index is 0.266. The van der Waals surface area contributed by atoms with Crippen LogP contribution in [0.4, 0.5) is 0 Å². The van der Waals surface area contributed by atoms with Gasteiger partial charge >= 0.3 is 5.97 Å². The maximum Gasteiger partial charge on any atom is 0.310 e.